The van der Waals surface area contributed by atoms with Gasteiger partial charge in [0.2, 0.25) is 21.8 Å². The number of hydrogen-bond donors (Lipinski definition) is 6. The lowest BCUT2D eigenvalue weighted by Gasteiger charge is -2.19. The number of benzene rings is 2. The van der Waals surface area contributed by atoms with Gasteiger partial charge in [0.1, 0.15) is 22.5 Å². The fourth-order valence-corrected chi connectivity index (χ4v) is 9.94. The Morgan fingerprint density at radius 3 is 1.60 bits per heavy atom. The SMILES string of the molecule is CCCCn1c(O)c(N=Nc2ccc(-c3ccc(N=Nc4c(C)c(C(N)=O)c(=O)n(CCCC)c4O)cc3S(=O)(=O)NC(C)CCCC(C)C)c(SOONC(C)CCCC(C)C)c2)c(C)c(C(N)=O)c1=O. The van der Waals surface area contributed by atoms with Crippen LogP contribution in [0, 0.1) is 25.7 Å². The number of hydroxylamine groups is 1. The number of rotatable bonds is 29. The Labute approximate surface area is 426 Å². The van der Waals surface area contributed by atoms with Gasteiger partial charge in [-0.25, -0.2) is 13.1 Å². The number of nitrogens with two attached hydrogens (primary N) is 2. The molecule has 0 aliphatic rings. The summed E-state index contributed by atoms with van der Waals surface area (Å²) in [5.74, 6) is -2.05. The number of carbonyl (C=O) groups excluding carboxylic acids is 2. The molecule has 0 aliphatic carbocycles. The minimum atomic E-state index is -4.35. The average Bonchev–Trinajstić information content (AvgIpc) is 3.29. The Balaban J connectivity index is 1.92. The molecule has 2 aromatic carbocycles. The van der Waals surface area contributed by atoms with Crippen LogP contribution in [-0.2, 0) is 32.4 Å². The number of sulfonamides is 1. The fraction of sp³-hybridized carbons (Fsp3) is 0.520. The van der Waals surface area contributed by atoms with Gasteiger partial charge in [-0.2, -0.15) is 15.7 Å². The molecular formula is C50H72N10O10S2. The lowest BCUT2D eigenvalue weighted by atomic mass is 10.0. The van der Waals surface area contributed by atoms with Gasteiger partial charge in [-0.3, -0.25) is 28.3 Å². The molecule has 20 nitrogen and oxygen atoms in total. The normalized spacial score (nSPS) is 13.0. The first kappa shape index (κ1) is 58.8. The molecule has 22 heteroatoms. The molecule has 0 saturated heterocycles. The van der Waals surface area contributed by atoms with E-state index in [1.165, 1.54) is 32.0 Å². The zero-order valence-corrected chi connectivity index (χ0v) is 44.7. The molecule has 394 valence electrons. The van der Waals surface area contributed by atoms with E-state index in [2.05, 4.69) is 58.4 Å². The molecule has 0 fully saturated rings. The summed E-state index contributed by atoms with van der Waals surface area (Å²) in [6.07, 6.45) is 7.43. The van der Waals surface area contributed by atoms with Gasteiger partial charge < -0.3 is 21.7 Å². The van der Waals surface area contributed by atoms with Crippen LogP contribution >= 0.6 is 12.0 Å². The zero-order chi connectivity index (χ0) is 53.4. The van der Waals surface area contributed by atoms with Crippen molar-refractivity contribution in [1.29, 1.82) is 0 Å². The Hall–Kier alpha value is -5.78. The van der Waals surface area contributed by atoms with E-state index >= 15 is 0 Å². The number of pyridine rings is 2. The van der Waals surface area contributed by atoms with Crippen molar-refractivity contribution >= 4 is 56.6 Å². The number of aromatic hydroxyl groups is 2. The Kier molecular flexibility index (Phi) is 22.3. The van der Waals surface area contributed by atoms with E-state index in [9.17, 15) is 37.8 Å². The maximum Gasteiger partial charge on any atom is 0.266 e. The predicted octanol–water partition coefficient (Wildman–Crippen LogP) is 10.5. The first-order valence-corrected chi connectivity index (χ1v) is 26.7. The Morgan fingerprint density at radius 2 is 1.14 bits per heavy atom. The molecular weight excluding hydrogens is 965 g/mol. The van der Waals surface area contributed by atoms with Gasteiger partial charge in [0, 0.05) is 46.8 Å². The van der Waals surface area contributed by atoms with Gasteiger partial charge in [0.25, 0.3) is 22.9 Å². The van der Waals surface area contributed by atoms with Gasteiger partial charge in [0.05, 0.1) is 28.3 Å². The van der Waals surface area contributed by atoms with Crippen LogP contribution in [0.4, 0.5) is 22.7 Å². The third kappa shape index (κ3) is 15.6. The van der Waals surface area contributed by atoms with Crippen molar-refractivity contribution in [3.8, 4) is 22.9 Å². The minimum Gasteiger partial charge on any atom is -0.493 e. The van der Waals surface area contributed by atoms with Crippen molar-refractivity contribution < 1.29 is 37.5 Å². The van der Waals surface area contributed by atoms with Gasteiger partial charge in [-0.1, -0.05) is 92.2 Å². The molecule has 2 amide bonds. The smallest absolute Gasteiger partial charge is 0.266 e. The number of hydrogen-bond acceptors (Lipinski definition) is 16. The molecule has 0 saturated carbocycles. The van der Waals surface area contributed by atoms with Gasteiger partial charge >= 0.3 is 0 Å². The minimum absolute atomic E-state index is 0.000193. The van der Waals surface area contributed by atoms with Gasteiger partial charge in [0.15, 0.2) is 0 Å². The second-order valence-electron chi connectivity index (χ2n) is 18.9. The third-order valence-corrected chi connectivity index (χ3v) is 14.2. The van der Waals surface area contributed by atoms with E-state index in [4.69, 9.17) is 20.8 Å². The highest BCUT2D eigenvalue weighted by molar-refractivity contribution is 7.94. The van der Waals surface area contributed by atoms with Gasteiger partial charge in [-0.05, 0) is 95.0 Å². The fourth-order valence-electron chi connectivity index (χ4n) is 7.84. The molecule has 0 aliphatic heterocycles. The molecule has 2 unspecified atom stereocenters. The van der Waals surface area contributed by atoms with Crippen LogP contribution in [-0.4, -0.2) is 51.7 Å². The second-order valence-corrected chi connectivity index (χ2v) is 21.3. The van der Waals surface area contributed by atoms with Crippen LogP contribution in [0.25, 0.3) is 11.1 Å². The number of unbranched alkanes of at least 4 members (excludes halogenated alkanes) is 2. The molecule has 2 aromatic heterocycles. The summed E-state index contributed by atoms with van der Waals surface area (Å²) in [4.78, 5) is 56.9. The highest BCUT2D eigenvalue weighted by atomic mass is 32.2. The zero-order valence-electron chi connectivity index (χ0n) is 43.1. The summed E-state index contributed by atoms with van der Waals surface area (Å²) in [5, 5.41) is 39.7. The van der Waals surface area contributed by atoms with E-state index in [1.54, 1.807) is 25.1 Å². The molecule has 0 spiro atoms. The third-order valence-electron chi connectivity index (χ3n) is 11.9. The Morgan fingerprint density at radius 1 is 0.681 bits per heavy atom. The van der Waals surface area contributed by atoms with Crippen LogP contribution in [0.1, 0.15) is 151 Å². The van der Waals surface area contributed by atoms with Crippen molar-refractivity contribution in [1.82, 2.24) is 19.3 Å². The van der Waals surface area contributed by atoms with Gasteiger partial charge in [-0.15, -0.1) is 19.6 Å². The van der Waals surface area contributed by atoms with Crippen LogP contribution in [0.15, 0.2) is 76.2 Å². The molecule has 4 aromatic rings. The van der Waals surface area contributed by atoms with Crippen molar-refractivity contribution in [2.24, 2.45) is 43.8 Å². The highest BCUT2D eigenvalue weighted by Gasteiger charge is 2.27. The first-order valence-electron chi connectivity index (χ1n) is 24.5. The maximum atomic E-state index is 14.6. The van der Waals surface area contributed by atoms with E-state index < -0.39 is 50.8 Å². The highest BCUT2D eigenvalue weighted by Crippen LogP contribution is 2.41. The van der Waals surface area contributed by atoms with E-state index in [1.807, 2.05) is 20.8 Å². The van der Waals surface area contributed by atoms with Crippen LogP contribution in [0.2, 0.25) is 0 Å². The first-order chi connectivity index (χ1) is 34.0. The average molecular weight is 1040 g/mol. The standard InChI is InChI=1S/C50H72N10O10S2/c1-11-13-25-59-47(63)41(45(51)61)33(9)43(49(59)65)55-53-35-21-23-37(39(27-35)71-70-69-57-31(7)19-15-17-29(3)4)38-24-22-36(28-40(38)72(67,68)58-32(8)20-16-18-30(5)6)54-56-44-34(10)42(46(52)62)48(64)60(50(44)66)26-14-12-2/h21-24,27-32,57-58,65-66H,11-20,25-26H2,1-10H3,(H2,51,61)(H2,52,62). The van der Waals surface area contributed by atoms with Crippen LogP contribution in [0.5, 0.6) is 11.8 Å². The lowest BCUT2D eigenvalue weighted by molar-refractivity contribution is -0.253. The lowest BCUT2D eigenvalue weighted by Crippen LogP contribution is -2.33. The number of nitrogens with zero attached hydrogens (tertiary/aromatic N) is 6. The molecule has 8 N–H and O–H groups in total. The monoisotopic (exact) mass is 1040 g/mol. The molecule has 4 rings (SSSR count). The number of amides is 2. The van der Waals surface area contributed by atoms with Crippen LogP contribution < -0.4 is 32.8 Å². The summed E-state index contributed by atoms with van der Waals surface area (Å²) < 4.78 is 39.7. The van der Waals surface area contributed by atoms with Crippen molar-refractivity contribution in [2.45, 2.75) is 168 Å². The topological polar surface area (TPSA) is 297 Å². The van der Waals surface area contributed by atoms with E-state index in [-0.39, 0.29) is 74.6 Å². The second kappa shape index (κ2) is 27.3. The van der Waals surface area contributed by atoms with Crippen LogP contribution in [0.3, 0.4) is 0 Å². The summed E-state index contributed by atoms with van der Waals surface area (Å²) >= 11 is 0.755. The molecule has 72 heavy (non-hydrogen) atoms. The molecule has 2 heterocycles. The summed E-state index contributed by atoms with van der Waals surface area (Å²) in [6, 6.07) is 8.49. The van der Waals surface area contributed by atoms with E-state index in [0.29, 0.717) is 54.4 Å². The Bertz CT molecular complexity index is 2840. The number of primary amides is 2. The summed E-state index contributed by atoms with van der Waals surface area (Å²) in [7, 11) is -4.35. The number of aromatic nitrogens is 2. The summed E-state index contributed by atoms with van der Waals surface area (Å²) in [5.41, 5.74) is 12.4. The maximum absolute atomic E-state index is 14.6. The van der Waals surface area contributed by atoms with Crippen molar-refractivity contribution in [2.75, 3.05) is 0 Å². The summed E-state index contributed by atoms with van der Waals surface area (Å²) in [6.45, 7) is 19.1. The van der Waals surface area contributed by atoms with Crippen molar-refractivity contribution in [3.63, 3.8) is 0 Å². The largest absolute Gasteiger partial charge is 0.493 e. The van der Waals surface area contributed by atoms with E-state index in [0.717, 1.165) is 53.3 Å². The molecule has 0 radical (unpaired) electrons. The number of azo groups is 2. The number of carbonyl (C=O) groups is 2. The molecule has 0 bridgehead atoms. The van der Waals surface area contributed by atoms with Crippen molar-refractivity contribution in [3.05, 3.63) is 79.4 Å². The molecule has 2 atom stereocenters. The number of nitrogens with one attached hydrogen (secondary N) is 2. The predicted molar refractivity (Wildman–Crippen MR) is 279 cm³/mol. The quantitative estimate of drug-likeness (QED) is 0.00973.